The van der Waals surface area contributed by atoms with Crippen molar-refractivity contribution >= 4 is 16.0 Å². The molecular formula is C19H21NO4S. The largest absolute Gasteiger partial charge is 0.465 e. The lowest BCUT2D eigenvalue weighted by Gasteiger charge is -2.45. The Hall–Kier alpha value is -2.18. The minimum absolute atomic E-state index is 0.193. The van der Waals surface area contributed by atoms with Gasteiger partial charge in [-0.1, -0.05) is 48.0 Å². The highest BCUT2D eigenvalue weighted by atomic mass is 32.2. The van der Waals surface area contributed by atoms with Gasteiger partial charge in [-0.25, -0.2) is 8.42 Å². The van der Waals surface area contributed by atoms with E-state index in [0.29, 0.717) is 0 Å². The number of hydrogen-bond acceptors (Lipinski definition) is 4. The van der Waals surface area contributed by atoms with Crippen LogP contribution in [0, 0.1) is 6.92 Å². The molecule has 2 aromatic carbocycles. The number of benzene rings is 2. The Labute approximate surface area is 148 Å². The number of hydrogen-bond donors (Lipinski definition) is 0. The van der Waals surface area contributed by atoms with Gasteiger partial charge in [-0.15, -0.1) is 0 Å². The molecule has 1 aliphatic rings. The zero-order valence-corrected chi connectivity index (χ0v) is 15.1. The number of esters is 1. The average Bonchev–Trinajstić information content (AvgIpc) is 2.55. The van der Waals surface area contributed by atoms with Crippen molar-refractivity contribution in [1.82, 2.24) is 4.31 Å². The topological polar surface area (TPSA) is 63.7 Å². The van der Waals surface area contributed by atoms with Crippen molar-refractivity contribution in [3.8, 4) is 0 Å². The van der Waals surface area contributed by atoms with Crippen LogP contribution >= 0.6 is 0 Å². The molecule has 1 fully saturated rings. The third kappa shape index (κ3) is 3.32. The number of sulfonamides is 1. The number of carbonyl (C=O) groups excluding carboxylic acids is 1. The summed E-state index contributed by atoms with van der Waals surface area (Å²) in [7, 11) is -3.74. The SMILES string of the molecule is CCOC(=O)[C@H]1[C@H](c2ccccc2)CN1S(=O)(=O)c1ccc(C)cc1. The first kappa shape index (κ1) is 17.6. The van der Waals surface area contributed by atoms with Gasteiger partial charge in [0.25, 0.3) is 0 Å². The normalized spacial score (nSPS) is 20.7. The van der Waals surface area contributed by atoms with Crippen LogP contribution in [0.25, 0.3) is 0 Å². The molecule has 1 heterocycles. The molecule has 0 amide bonds. The summed E-state index contributed by atoms with van der Waals surface area (Å²) in [6.07, 6.45) is 0. The molecule has 6 heteroatoms. The second-order valence-corrected chi connectivity index (χ2v) is 7.99. The van der Waals surface area contributed by atoms with Crippen molar-refractivity contribution in [2.45, 2.75) is 30.7 Å². The van der Waals surface area contributed by atoms with Crippen LogP contribution in [0.5, 0.6) is 0 Å². The second-order valence-electron chi connectivity index (χ2n) is 6.10. The van der Waals surface area contributed by atoms with Crippen LogP contribution in [0.2, 0.25) is 0 Å². The lowest BCUT2D eigenvalue weighted by Crippen LogP contribution is -2.61. The summed E-state index contributed by atoms with van der Waals surface area (Å²) in [5, 5.41) is 0. The fraction of sp³-hybridized carbons (Fsp3) is 0.316. The van der Waals surface area contributed by atoms with Gasteiger partial charge in [0.15, 0.2) is 0 Å². The summed E-state index contributed by atoms with van der Waals surface area (Å²) < 4.78 is 32.3. The molecule has 3 rings (SSSR count). The minimum Gasteiger partial charge on any atom is -0.465 e. The van der Waals surface area contributed by atoms with Gasteiger partial charge in [-0.3, -0.25) is 4.79 Å². The van der Waals surface area contributed by atoms with Crippen LogP contribution in [-0.2, 0) is 19.6 Å². The fourth-order valence-corrected chi connectivity index (χ4v) is 4.70. The summed E-state index contributed by atoms with van der Waals surface area (Å²) in [6.45, 7) is 4.10. The van der Waals surface area contributed by atoms with Gasteiger partial charge in [-0.05, 0) is 31.5 Å². The molecule has 0 radical (unpaired) electrons. The van der Waals surface area contributed by atoms with Crippen LogP contribution in [-0.4, -0.2) is 37.9 Å². The van der Waals surface area contributed by atoms with Crippen LogP contribution in [0.4, 0.5) is 0 Å². The molecule has 132 valence electrons. The standard InChI is InChI=1S/C19H21NO4S/c1-3-24-19(21)18-17(15-7-5-4-6-8-15)13-20(18)25(22,23)16-11-9-14(2)10-12-16/h4-12,17-18H,3,13H2,1-2H3/t17-,18+/m0/s1. The zero-order chi connectivity index (χ0) is 18.0. The molecule has 0 aromatic heterocycles. The van der Waals surface area contributed by atoms with E-state index in [-0.39, 0.29) is 24.0 Å². The maximum Gasteiger partial charge on any atom is 0.325 e. The van der Waals surface area contributed by atoms with Crippen LogP contribution < -0.4 is 0 Å². The Morgan fingerprint density at radius 1 is 1.12 bits per heavy atom. The first-order valence-corrected chi connectivity index (χ1v) is 9.69. The van der Waals surface area contributed by atoms with Crippen LogP contribution in [0.3, 0.4) is 0 Å². The first-order chi connectivity index (χ1) is 11.9. The highest BCUT2D eigenvalue weighted by Crippen LogP contribution is 2.39. The second kappa shape index (κ2) is 6.98. The van der Waals surface area contributed by atoms with E-state index in [1.807, 2.05) is 37.3 Å². The molecule has 0 N–H and O–H groups in total. The number of ether oxygens (including phenoxy) is 1. The molecule has 5 nitrogen and oxygen atoms in total. The predicted molar refractivity (Wildman–Crippen MR) is 94.7 cm³/mol. The monoisotopic (exact) mass is 359 g/mol. The zero-order valence-electron chi connectivity index (χ0n) is 14.3. The number of aryl methyl sites for hydroxylation is 1. The van der Waals surface area contributed by atoms with E-state index >= 15 is 0 Å². The van der Waals surface area contributed by atoms with Gasteiger partial charge < -0.3 is 4.74 Å². The van der Waals surface area contributed by atoms with E-state index in [2.05, 4.69) is 0 Å². The van der Waals surface area contributed by atoms with Gasteiger partial charge in [0.2, 0.25) is 10.0 Å². The number of carbonyl (C=O) groups is 1. The third-order valence-corrected chi connectivity index (χ3v) is 6.31. The Balaban J connectivity index is 1.93. The van der Waals surface area contributed by atoms with E-state index in [1.165, 1.54) is 4.31 Å². The molecule has 1 aliphatic heterocycles. The molecule has 0 saturated carbocycles. The molecule has 2 atom stereocenters. The van der Waals surface area contributed by atoms with Crippen LogP contribution in [0.15, 0.2) is 59.5 Å². The third-order valence-electron chi connectivity index (χ3n) is 4.45. The first-order valence-electron chi connectivity index (χ1n) is 8.25. The van der Waals surface area contributed by atoms with E-state index < -0.39 is 22.0 Å². The van der Waals surface area contributed by atoms with Crippen molar-refractivity contribution < 1.29 is 17.9 Å². The summed E-state index contributed by atoms with van der Waals surface area (Å²) in [4.78, 5) is 12.6. The molecule has 0 bridgehead atoms. The lowest BCUT2D eigenvalue weighted by molar-refractivity contribution is -0.152. The molecule has 0 aliphatic carbocycles. The van der Waals surface area contributed by atoms with Crippen molar-refractivity contribution in [2.24, 2.45) is 0 Å². The molecule has 25 heavy (non-hydrogen) atoms. The van der Waals surface area contributed by atoms with Gasteiger partial charge >= 0.3 is 5.97 Å². The maximum atomic E-state index is 12.9. The summed E-state index contributed by atoms with van der Waals surface area (Å²) in [5.74, 6) is -0.696. The van der Waals surface area contributed by atoms with Crippen molar-refractivity contribution in [3.05, 3.63) is 65.7 Å². The predicted octanol–water partition coefficient (Wildman–Crippen LogP) is 2.71. The molecule has 0 spiro atoms. The van der Waals surface area contributed by atoms with Crippen molar-refractivity contribution in [3.63, 3.8) is 0 Å². The summed E-state index contributed by atoms with van der Waals surface area (Å²) in [5.41, 5.74) is 1.92. The number of rotatable bonds is 5. The smallest absolute Gasteiger partial charge is 0.325 e. The minimum atomic E-state index is -3.74. The summed E-state index contributed by atoms with van der Waals surface area (Å²) in [6, 6.07) is 15.3. The quantitative estimate of drug-likeness (QED) is 0.770. The van der Waals surface area contributed by atoms with Gasteiger partial charge in [0.1, 0.15) is 6.04 Å². The Morgan fingerprint density at radius 2 is 1.76 bits per heavy atom. The van der Waals surface area contributed by atoms with E-state index in [1.54, 1.807) is 31.2 Å². The molecule has 1 saturated heterocycles. The van der Waals surface area contributed by atoms with E-state index in [0.717, 1.165) is 11.1 Å². The Bertz CT molecular complexity index is 847. The highest BCUT2D eigenvalue weighted by molar-refractivity contribution is 7.89. The molecular weight excluding hydrogens is 338 g/mol. The van der Waals surface area contributed by atoms with Gasteiger partial charge in [0.05, 0.1) is 11.5 Å². The van der Waals surface area contributed by atoms with Crippen molar-refractivity contribution in [1.29, 1.82) is 0 Å². The van der Waals surface area contributed by atoms with E-state index in [9.17, 15) is 13.2 Å². The maximum absolute atomic E-state index is 12.9. The van der Waals surface area contributed by atoms with Gasteiger partial charge in [-0.2, -0.15) is 4.31 Å². The van der Waals surface area contributed by atoms with Gasteiger partial charge in [0, 0.05) is 12.5 Å². The molecule has 0 unspecified atom stereocenters. The van der Waals surface area contributed by atoms with Crippen LogP contribution in [0.1, 0.15) is 24.0 Å². The highest BCUT2D eigenvalue weighted by Gasteiger charge is 2.51. The lowest BCUT2D eigenvalue weighted by atomic mass is 9.85. The van der Waals surface area contributed by atoms with Crippen molar-refractivity contribution in [2.75, 3.05) is 13.2 Å². The average molecular weight is 359 g/mol. The number of nitrogens with zero attached hydrogens (tertiary/aromatic N) is 1. The fourth-order valence-electron chi connectivity index (χ4n) is 3.06. The molecule has 2 aromatic rings. The Kier molecular flexibility index (Phi) is 4.92. The van der Waals surface area contributed by atoms with E-state index in [4.69, 9.17) is 4.74 Å². The Morgan fingerprint density at radius 3 is 2.36 bits per heavy atom. The summed E-state index contributed by atoms with van der Waals surface area (Å²) >= 11 is 0.